The predicted molar refractivity (Wildman–Crippen MR) is 74.8 cm³/mol. The van der Waals surface area contributed by atoms with Crippen molar-refractivity contribution in [1.82, 2.24) is 5.32 Å². The van der Waals surface area contributed by atoms with Gasteiger partial charge in [-0.1, -0.05) is 38.0 Å². The molecule has 0 saturated carbocycles. The van der Waals surface area contributed by atoms with Gasteiger partial charge >= 0.3 is 0 Å². The van der Waals surface area contributed by atoms with Crippen LogP contribution in [-0.2, 0) is 0 Å². The zero-order valence-electron chi connectivity index (χ0n) is 10.7. The van der Waals surface area contributed by atoms with Gasteiger partial charge in [-0.3, -0.25) is 4.79 Å². The quantitative estimate of drug-likeness (QED) is 0.613. The maximum absolute atomic E-state index is 11.8. The van der Waals surface area contributed by atoms with Crippen LogP contribution in [-0.4, -0.2) is 24.2 Å². The smallest absolute Gasteiger partial charge is 0.252 e. The third-order valence-electron chi connectivity index (χ3n) is 2.47. The van der Waals surface area contributed by atoms with Crippen LogP contribution in [0.5, 0.6) is 0 Å². The van der Waals surface area contributed by atoms with Crippen molar-refractivity contribution in [3.63, 3.8) is 0 Å². The number of carbonyl (C=O) groups excluding carboxylic acids is 1. The molecule has 3 nitrogen and oxygen atoms in total. The van der Waals surface area contributed by atoms with Crippen molar-refractivity contribution < 1.29 is 9.90 Å². The van der Waals surface area contributed by atoms with Crippen molar-refractivity contribution in [3.8, 4) is 11.8 Å². The first-order valence-electron chi connectivity index (χ1n) is 6.24. The van der Waals surface area contributed by atoms with Crippen molar-refractivity contribution in [2.45, 2.75) is 32.6 Å². The molecule has 98 valence electrons. The summed E-state index contributed by atoms with van der Waals surface area (Å²) in [6, 6.07) is 1.76. The molecule has 1 rings (SSSR count). The van der Waals surface area contributed by atoms with Crippen LogP contribution < -0.4 is 5.32 Å². The molecule has 0 atom stereocenters. The average molecular weight is 265 g/mol. The molecule has 1 heterocycles. The van der Waals surface area contributed by atoms with E-state index in [2.05, 4.69) is 24.1 Å². The third kappa shape index (κ3) is 5.35. The molecule has 0 radical (unpaired) electrons. The molecule has 0 saturated heterocycles. The number of unbranched alkanes of at least 4 members (excludes halogenated alkanes) is 3. The number of carbonyl (C=O) groups is 1. The summed E-state index contributed by atoms with van der Waals surface area (Å²) in [5.41, 5.74) is 0.651. The molecular weight excluding hydrogens is 246 g/mol. The summed E-state index contributed by atoms with van der Waals surface area (Å²) < 4.78 is 0. The third-order valence-corrected chi connectivity index (χ3v) is 3.31. The summed E-state index contributed by atoms with van der Waals surface area (Å²) in [4.78, 5) is 12.6. The van der Waals surface area contributed by atoms with Crippen LogP contribution in [0.15, 0.2) is 11.4 Å². The predicted octanol–water partition coefficient (Wildman–Crippen LogP) is 2.40. The minimum atomic E-state index is -0.156. The Morgan fingerprint density at radius 3 is 3.00 bits per heavy atom. The van der Waals surface area contributed by atoms with Crippen molar-refractivity contribution >= 4 is 17.2 Å². The van der Waals surface area contributed by atoms with E-state index in [4.69, 9.17) is 5.11 Å². The SMILES string of the molecule is CCCCCCNC(=O)c1csc(C#CCO)c1. The van der Waals surface area contributed by atoms with Crippen LogP contribution in [0.2, 0.25) is 0 Å². The van der Waals surface area contributed by atoms with E-state index in [0.717, 1.165) is 24.3 Å². The number of aliphatic hydroxyl groups excluding tert-OH is 1. The van der Waals surface area contributed by atoms with Gasteiger partial charge in [0.25, 0.3) is 5.91 Å². The largest absolute Gasteiger partial charge is 0.384 e. The number of hydrogen-bond donors (Lipinski definition) is 2. The number of aliphatic hydroxyl groups is 1. The van der Waals surface area contributed by atoms with E-state index in [-0.39, 0.29) is 12.5 Å². The van der Waals surface area contributed by atoms with Gasteiger partial charge in [-0.05, 0) is 12.5 Å². The highest BCUT2D eigenvalue weighted by atomic mass is 32.1. The van der Waals surface area contributed by atoms with Crippen LogP contribution in [0, 0.1) is 11.8 Å². The molecule has 4 heteroatoms. The Kier molecular flexibility index (Phi) is 7.16. The molecule has 0 aromatic carbocycles. The molecule has 0 aliphatic heterocycles. The van der Waals surface area contributed by atoms with Gasteiger partial charge in [0.1, 0.15) is 6.61 Å². The van der Waals surface area contributed by atoms with E-state index < -0.39 is 0 Å². The van der Waals surface area contributed by atoms with Crippen LogP contribution >= 0.6 is 11.3 Å². The summed E-state index contributed by atoms with van der Waals surface area (Å²) in [5, 5.41) is 13.3. The maximum atomic E-state index is 11.8. The molecule has 1 amide bonds. The minimum absolute atomic E-state index is 0.0419. The summed E-state index contributed by atoms with van der Waals surface area (Å²) in [7, 11) is 0. The first kappa shape index (κ1) is 14.7. The lowest BCUT2D eigenvalue weighted by Gasteiger charge is -2.02. The van der Waals surface area contributed by atoms with Crippen molar-refractivity contribution in [3.05, 3.63) is 21.9 Å². The van der Waals surface area contributed by atoms with Gasteiger partial charge < -0.3 is 10.4 Å². The molecule has 0 aliphatic carbocycles. The Balaban J connectivity index is 2.35. The molecule has 0 fully saturated rings. The topological polar surface area (TPSA) is 49.3 Å². The Morgan fingerprint density at radius 1 is 1.44 bits per heavy atom. The Labute approximate surface area is 112 Å². The van der Waals surface area contributed by atoms with Gasteiger partial charge in [0.05, 0.1) is 10.4 Å². The molecule has 0 aliphatic rings. The first-order valence-corrected chi connectivity index (χ1v) is 7.12. The Hall–Kier alpha value is -1.31. The first-order chi connectivity index (χ1) is 8.77. The van der Waals surface area contributed by atoms with E-state index in [1.807, 2.05) is 0 Å². The molecule has 2 N–H and O–H groups in total. The molecule has 0 spiro atoms. The second-order valence-electron chi connectivity index (χ2n) is 3.98. The monoisotopic (exact) mass is 265 g/mol. The lowest BCUT2D eigenvalue weighted by atomic mass is 10.2. The molecule has 1 aromatic rings. The number of amides is 1. The minimum Gasteiger partial charge on any atom is -0.384 e. The molecule has 0 unspecified atom stereocenters. The Morgan fingerprint density at radius 2 is 2.28 bits per heavy atom. The van der Waals surface area contributed by atoms with Gasteiger partial charge in [0, 0.05) is 11.9 Å². The summed E-state index contributed by atoms with van der Waals surface area (Å²) in [6.45, 7) is 2.74. The van der Waals surface area contributed by atoms with Crippen molar-refractivity contribution in [2.75, 3.05) is 13.2 Å². The zero-order chi connectivity index (χ0) is 13.2. The van der Waals surface area contributed by atoms with Gasteiger partial charge in [0.2, 0.25) is 0 Å². The van der Waals surface area contributed by atoms with Crippen molar-refractivity contribution in [1.29, 1.82) is 0 Å². The van der Waals surface area contributed by atoms with Gasteiger partial charge in [-0.25, -0.2) is 0 Å². The van der Waals surface area contributed by atoms with Crippen molar-refractivity contribution in [2.24, 2.45) is 0 Å². The maximum Gasteiger partial charge on any atom is 0.252 e. The number of thiophene rings is 1. The highest BCUT2D eigenvalue weighted by molar-refractivity contribution is 7.10. The van der Waals surface area contributed by atoms with Crippen LogP contribution in [0.25, 0.3) is 0 Å². The standard InChI is InChI=1S/C14H19NO2S/c1-2-3-4-5-8-15-14(17)12-10-13(18-11-12)7-6-9-16/h10-11,16H,2-5,8-9H2,1H3,(H,15,17). The summed E-state index contributed by atoms with van der Waals surface area (Å²) in [5.74, 6) is 5.32. The van der Waals surface area contributed by atoms with Crippen LogP contribution in [0.1, 0.15) is 47.8 Å². The lowest BCUT2D eigenvalue weighted by Crippen LogP contribution is -2.23. The highest BCUT2D eigenvalue weighted by Crippen LogP contribution is 2.13. The Bertz CT molecular complexity index is 428. The zero-order valence-corrected chi connectivity index (χ0v) is 11.5. The van der Waals surface area contributed by atoms with E-state index in [9.17, 15) is 4.79 Å². The molecule has 1 aromatic heterocycles. The molecule has 18 heavy (non-hydrogen) atoms. The summed E-state index contributed by atoms with van der Waals surface area (Å²) >= 11 is 1.42. The van der Waals surface area contributed by atoms with Gasteiger partial charge in [-0.2, -0.15) is 0 Å². The highest BCUT2D eigenvalue weighted by Gasteiger charge is 2.06. The van der Waals surface area contributed by atoms with E-state index >= 15 is 0 Å². The van der Waals surface area contributed by atoms with Crippen LogP contribution in [0.3, 0.4) is 0 Å². The van der Waals surface area contributed by atoms with E-state index in [0.29, 0.717) is 5.56 Å². The normalized spacial score (nSPS) is 9.67. The molecule has 0 bridgehead atoms. The molecular formula is C14H19NO2S. The van der Waals surface area contributed by atoms with E-state index in [1.54, 1.807) is 11.4 Å². The number of rotatable bonds is 6. The van der Waals surface area contributed by atoms with Crippen LogP contribution in [0.4, 0.5) is 0 Å². The van der Waals surface area contributed by atoms with E-state index in [1.165, 1.54) is 24.2 Å². The average Bonchev–Trinajstić information content (AvgIpc) is 2.84. The van der Waals surface area contributed by atoms with Gasteiger partial charge in [-0.15, -0.1) is 11.3 Å². The second-order valence-corrected chi connectivity index (χ2v) is 4.89. The fraction of sp³-hybridized carbons (Fsp3) is 0.500. The number of hydrogen-bond acceptors (Lipinski definition) is 3. The second kappa shape index (κ2) is 8.73. The van der Waals surface area contributed by atoms with Gasteiger partial charge in [0.15, 0.2) is 0 Å². The fourth-order valence-corrected chi connectivity index (χ4v) is 2.26. The lowest BCUT2D eigenvalue weighted by molar-refractivity contribution is 0.0953. The number of nitrogens with one attached hydrogen (secondary N) is 1. The summed E-state index contributed by atoms with van der Waals surface area (Å²) in [6.07, 6.45) is 4.61. The fourth-order valence-electron chi connectivity index (χ4n) is 1.50.